The summed E-state index contributed by atoms with van der Waals surface area (Å²) in [6.45, 7) is 2.57. The van der Waals surface area contributed by atoms with Crippen LogP contribution in [0.2, 0.25) is 0 Å². The van der Waals surface area contributed by atoms with Crippen LogP contribution in [0.3, 0.4) is 0 Å². The molecule has 0 spiro atoms. The number of para-hydroxylation sites is 1. The summed E-state index contributed by atoms with van der Waals surface area (Å²) in [7, 11) is 2.17. The number of aryl methyl sites for hydroxylation is 1. The minimum Gasteiger partial charge on any atom is -0.348 e. The minimum atomic E-state index is -0.341. The van der Waals surface area contributed by atoms with Crippen molar-refractivity contribution in [3.63, 3.8) is 0 Å². The lowest BCUT2D eigenvalue weighted by atomic mass is 9.98. The van der Waals surface area contributed by atoms with Crippen LogP contribution in [0.5, 0.6) is 0 Å². The number of nitrogens with zero attached hydrogens (tertiary/aromatic N) is 3. The molecule has 1 aromatic heterocycles. The standard InChI is InChI=1S/C19H24N4O2/c1-3-23-16-7-5-4-6-15(16)18(24)17(21-23)19(25)20-12-10-13-8-9-14(11-12)22(13)2/h4-7,12-14H,3,8-11H2,1-2H3,(H,20,25). The molecule has 132 valence electrons. The molecule has 1 amide bonds. The van der Waals surface area contributed by atoms with E-state index < -0.39 is 0 Å². The van der Waals surface area contributed by atoms with Gasteiger partial charge in [0.15, 0.2) is 5.69 Å². The second-order valence-corrected chi connectivity index (χ2v) is 7.20. The Labute approximate surface area is 146 Å². The Hall–Kier alpha value is -2.21. The molecule has 2 saturated heterocycles. The molecule has 2 atom stereocenters. The van der Waals surface area contributed by atoms with Crippen LogP contribution >= 0.6 is 0 Å². The predicted molar refractivity (Wildman–Crippen MR) is 96.7 cm³/mol. The number of hydrogen-bond donors (Lipinski definition) is 1. The van der Waals surface area contributed by atoms with Gasteiger partial charge in [-0.05, 0) is 51.8 Å². The lowest BCUT2D eigenvalue weighted by Gasteiger charge is -2.36. The van der Waals surface area contributed by atoms with Gasteiger partial charge in [-0.3, -0.25) is 14.3 Å². The average molecular weight is 340 g/mol. The third-order valence-corrected chi connectivity index (χ3v) is 5.81. The van der Waals surface area contributed by atoms with Gasteiger partial charge in [-0.25, -0.2) is 0 Å². The Kier molecular flexibility index (Phi) is 4.07. The van der Waals surface area contributed by atoms with Crippen molar-refractivity contribution in [2.75, 3.05) is 7.05 Å². The molecule has 25 heavy (non-hydrogen) atoms. The van der Waals surface area contributed by atoms with Crippen molar-refractivity contribution in [1.82, 2.24) is 20.0 Å². The molecule has 2 bridgehead atoms. The lowest BCUT2D eigenvalue weighted by Crippen LogP contribution is -2.49. The maximum Gasteiger partial charge on any atom is 0.276 e. The largest absolute Gasteiger partial charge is 0.348 e. The Morgan fingerprint density at radius 1 is 1.24 bits per heavy atom. The Morgan fingerprint density at radius 2 is 1.92 bits per heavy atom. The van der Waals surface area contributed by atoms with Crippen LogP contribution in [-0.4, -0.2) is 45.8 Å². The topological polar surface area (TPSA) is 67.2 Å². The van der Waals surface area contributed by atoms with Crippen molar-refractivity contribution in [2.45, 2.75) is 57.3 Å². The highest BCUT2D eigenvalue weighted by molar-refractivity contribution is 5.95. The summed E-state index contributed by atoms with van der Waals surface area (Å²) in [6.07, 6.45) is 4.30. The highest BCUT2D eigenvalue weighted by atomic mass is 16.2. The molecule has 2 aliphatic heterocycles. The molecule has 4 rings (SSSR count). The maximum absolute atomic E-state index is 12.8. The molecule has 3 heterocycles. The monoisotopic (exact) mass is 340 g/mol. The van der Waals surface area contributed by atoms with Gasteiger partial charge in [0.05, 0.1) is 5.52 Å². The fraction of sp³-hybridized carbons (Fsp3) is 0.526. The first-order valence-corrected chi connectivity index (χ1v) is 9.11. The second kappa shape index (κ2) is 6.26. The quantitative estimate of drug-likeness (QED) is 0.925. The first-order chi connectivity index (χ1) is 12.1. The SMILES string of the molecule is CCn1nc(C(=O)NC2CC3CCC(C2)N3C)c(=O)c2ccccc21. The molecular formula is C19H24N4O2. The Balaban J connectivity index is 1.62. The molecule has 0 radical (unpaired) electrons. The Bertz CT molecular complexity index is 861. The van der Waals surface area contributed by atoms with E-state index in [1.807, 2.05) is 25.1 Å². The third kappa shape index (κ3) is 2.74. The molecular weight excluding hydrogens is 316 g/mol. The van der Waals surface area contributed by atoms with E-state index in [0.717, 1.165) is 18.4 Å². The first kappa shape index (κ1) is 16.3. The molecule has 1 N–H and O–H groups in total. The zero-order valence-corrected chi connectivity index (χ0v) is 14.7. The molecule has 2 fully saturated rings. The number of amides is 1. The molecule has 6 heteroatoms. The summed E-state index contributed by atoms with van der Waals surface area (Å²) in [4.78, 5) is 27.9. The van der Waals surface area contributed by atoms with Crippen LogP contribution in [0.4, 0.5) is 0 Å². The molecule has 0 saturated carbocycles. The number of carbonyl (C=O) groups is 1. The summed E-state index contributed by atoms with van der Waals surface area (Å²) < 4.78 is 1.73. The van der Waals surface area contributed by atoms with E-state index in [-0.39, 0.29) is 23.1 Å². The van der Waals surface area contributed by atoms with Crippen LogP contribution in [0.1, 0.15) is 43.1 Å². The zero-order chi connectivity index (χ0) is 17.6. The highest BCUT2D eigenvalue weighted by Crippen LogP contribution is 2.34. The van der Waals surface area contributed by atoms with Gasteiger partial charge in [-0.2, -0.15) is 5.10 Å². The zero-order valence-electron chi connectivity index (χ0n) is 14.7. The number of carbonyl (C=O) groups excluding carboxylic acids is 1. The third-order valence-electron chi connectivity index (χ3n) is 5.81. The van der Waals surface area contributed by atoms with Gasteiger partial charge in [0.25, 0.3) is 5.91 Å². The predicted octanol–water partition coefficient (Wildman–Crippen LogP) is 1.77. The van der Waals surface area contributed by atoms with E-state index in [4.69, 9.17) is 0 Å². The molecule has 1 aromatic carbocycles. The van der Waals surface area contributed by atoms with Crippen LogP contribution in [0, 0.1) is 0 Å². The molecule has 2 aromatic rings. The molecule has 0 aliphatic carbocycles. The number of fused-ring (bicyclic) bond motifs is 3. The summed E-state index contributed by atoms with van der Waals surface area (Å²) in [5.74, 6) is -0.341. The van der Waals surface area contributed by atoms with E-state index >= 15 is 0 Å². The normalized spacial score (nSPS) is 26.1. The van der Waals surface area contributed by atoms with E-state index in [2.05, 4.69) is 22.4 Å². The smallest absolute Gasteiger partial charge is 0.276 e. The van der Waals surface area contributed by atoms with Gasteiger partial charge in [0.2, 0.25) is 5.43 Å². The van der Waals surface area contributed by atoms with Gasteiger partial charge < -0.3 is 10.2 Å². The van der Waals surface area contributed by atoms with E-state index in [0.29, 0.717) is 24.0 Å². The summed E-state index contributed by atoms with van der Waals surface area (Å²) in [5.41, 5.74) is 0.490. The van der Waals surface area contributed by atoms with Crippen molar-refractivity contribution < 1.29 is 4.79 Å². The number of aromatic nitrogens is 2. The summed E-state index contributed by atoms with van der Waals surface area (Å²) in [5, 5.41) is 7.96. The number of piperidine rings is 1. The van der Waals surface area contributed by atoms with Gasteiger partial charge in [-0.15, -0.1) is 0 Å². The van der Waals surface area contributed by atoms with Gasteiger partial charge in [0, 0.05) is 30.1 Å². The molecule has 2 aliphatic rings. The fourth-order valence-electron chi connectivity index (χ4n) is 4.41. The van der Waals surface area contributed by atoms with Crippen LogP contribution < -0.4 is 10.7 Å². The van der Waals surface area contributed by atoms with Crippen molar-refractivity contribution in [3.05, 3.63) is 40.2 Å². The average Bonchev–Trinajstić information content (AvgIpc) is 2.83. The fourth-order valence-corrected chi connectivity index (χ4v) is 4.41. The number of rotatable bonds is 3. The van der Waals surface area contributed by atoms with Gasteiger partial charge >= 0.3 is 0 Å². The van der Waals surface area contributed by atoms with E-state index in [1.165, 1.54) is 12.8 Å². The Morgan fingerprint density at radius 3 is 2.60 bits per heavy atom. The summed E-state index contributed by atoms with van der Waals surface area (Å²) >= 11 is 0. The van der Waals surface area contributed by atoms with Crippen molar-refractivity contribution >= 4 is 16.8 Å². The van der Waals surface area contributed by atoms with E-state index in [1.54, 1.807) is 10.7 Å². The first-order valence-electron chi connectivity index (χ1n) is 9.11. The number of hydrogen-bond acceptors (Lipinski definition) is 4. The second-order valence-electron chi connectivity index (χ2n) is 7.20. The van der Waals surface area contributed by atoms with Crippen molar-refractivity contribution in [3.8, 4) is 0 Å². The highest BCUT2D eigenvalue weighted by Gasteiger charge is 2.39. The van der Waals surface area contributed by atoms with Crippen LogP contribution in [0.25, 0.3) is 10.9 Å². The lowest BCUT2D eigenvalue weighted by molar-refractivity contribution is 0.0874. The van der Waals surface area contributed by atoms with Gasteiger partial charge in [-0.1, -0.05) is 12.1 Å². The number of benzene rings is 1. The molecule has 6 nitrogen and oxygen atoms in total. The summed E-state index contributed by atoms with van der Waals surface area (Å²) in [6, 6.07) is 8.54. The maximum atomic E-state index is 12.8. The van der Waals surface area contributed by atoms with Crippen LogP contribution in [-0.2, 0) is 6.54 Å². The van der Waals surface area contributed by atoms with Crippen molar-refractivity contribution in [2.24, 2.45) is 0 Å². The van der Waals surface area contributed by atoms with Gasteiger partial charge in [0.1, 0.15) is 0 Å². The van der Waals surface area contributed by atoms with E-state index in [9.17, 15) is 9.59 Å². The minimum absolute atomic E-state index is 0.00632. The van der Waals surface area contributed by atoms with Crippen LogP contribution in [0.15, 0.2) is 29.1 Å². The van der Waals surface area contributed by atoms with Crippen molar-refractivity contribution in [1.29, 1.82) is 0 Å². The number of nitrogens with one attached hydrogen (secondary N) is 1. The molecule has 2 unspecified atom stereocenters.